The number of hydrogen-bond donors (Lipinski definition) is 3. The second-order valence-corrected chi connectivity index (χ2v) is 8.27. The zero-order valence-electron chi connectivity index (χ0n) is 16.4. The molecule has 6 nitrogen and oxygen atoms in total. The smallest absolute Gasteiger partial charge is 0.321 e. The zero-order chi connectivity index (χ0) is 19.0. The molecule has 3 amide bonds. The van der Waals surface area contributed by atoms with Crippen LogP contribution in [0.2, 0.25) is 0 Å². The van der Waals surface area contributed by atoms with Crippen molar-refractivity contribution in [2.24, 2.45) is 23.5 Å². The number of carbonyl (C=O) groups excluding carboxylic acids is 2. The van der Waals surface area contributed by atoms with E-state index in [1.165, 1.54) is 6.42 Å². The van der Waals surface area contributed by atoms with E-state index in [2.05, 4.69) is 10.6 Å². The van der Waals surface area contributed by atoms with E-state index in [1.807, 2.05) is 25.1 Å². The maximum absolute atomic E-state index is 12.9. The lowest BCUT2D eigenvalue weighted by atomic mass is 9.65. The molecule has 1 aromatic rings. The first-order valence-corrected chi connectivity index (χ1v) is 10.3. The van der Waals surface area contributed by atoms with Crippen LogP contribution in [0.25, 0.3) is 0 Å². The number of amides is 3. The van der Waals surface area contributed by atoms with E-state index in [9.17, 15) is 9.59 Å². The van der Waals surface area contributed by atoms with Gasteiger partial charge < -0.3 is 16.4 Å². The molecule has 154 valence electrons. The van der Waals surface area contributed by atoms with Crippen LogP contribution in [0.15, 0.2) is 18.2 Å². The van der Waals surface area contributed by atoms with Gasteiger partial charge in [0.25, 0.3) is 0 Å². The summed E-state index contributed by atoms with van der Waals surface area (Å²) in [6.45, 7) is 3.20. The average molecular weight is 407 g/mol. The predicted molar refractivity (Wildman–Crippen MR) is 114 cm³/mol. The van der Waals surface area contributed by atoms with Gasteiger partial charge in [-0.05, 0) is 68.6 Å². The van der Waals surface area contributed by atoms with E-state index in [1.54, 1.807) is 4.90 Å². The Bertz CT molecular complexity index is 727. The fourth-order valence-electron chi connectivity index (χ4n) is 5.16. The highest BCUT2D eigenvalue weighted by molar-refractivity contribution is 5.97. The summed E-state index contributed by atoms with van der Waals surface area (Å²) in [6.07, 6.45) is 6.21. The van der Waals surface area contributed by atoms with Crippen LogP contribution in [-0.2, 0) is 11.2 Å². The highest BCUT2D eigenvalue weighted by atomic mass is 35.5. The molecule has 0 aromatic heterocycles. The number of benzene rings is 1. The second-order valence-electron chi connectivity index (χ2n) is 8.27. The zero-order valence-corrected chi connectivity index (χ0v) is 17.3. The molecular weight excluding hydrogens is 376 g/mol. The maximum Gasteiger partial charge on any atom is 0.321 e. The number of rotatable bonds is 3. The molecule has 0 radical (unpaired) electrons. The van der Waals surface area contributed by atoms with Crippen molar-refractivity contribution < 1.29 is 9.59 Å². The number of nitrogens with two attached hydrogens (primary N) is 1. The quantitative estimate of drug-likeness (QED) is 0.719. The summed E-state index contributed by atoms with van der Waals surface area (Å²) < 4.78 is 0. The monoisotopic (exact) mass is 406 g/mol. The Labute approximate surface area is 173 Å². The topological polar surface area (TPSA) is 87.5 Å². The van der Waals surface area contributed by atoms with E-state index in [0.29, 0.717) is 24.9 Å². The Morgan fingerprint density at radius 1 is 1.21 bits per heavy atom. The number of urea groups is 1. The first-order chi connectivity index (χ1) is 13.1. The molecule has 2 fully saturated rings. The van der Waals surface area contributed by atoms with Gasteiger partial charge in [0.05, 0.1) is 5.69 Å². The summed E-state index contributed by atoms with van der Waals surface area (Å²) in [7, 11) is 0. The SMILES string of the molecule is CCNC(=O)N1CCc2ccc(NC(=O)C3CC4CCCC(C3)C4N)cc21.Cl. The molecule has 1 aliphatic heterocycles. The van der Waals surface area contributed by atoms with Crippen LogP contribution in [0, 0.1) is 17.8 Å². The van der Waals surface area contributed by atoms with Crippen molar-refractivity contribution in [2.75, 3.05) is 23.3 Å². The van der Waals surface area contributed by atoms with E-state index in [0.717, 1.165) is 49.0 Å². The lowest BCUT2D eigenvalue weighted by Gasteiger charge is -2.43. The van der Waals surface area contributed by atoms with Gasteiger partial charge in [0.15, 0.2) is 0 Å². The molecule has 2 bridgehead atoms. The molecule has 0 spiro atoms. The minimum Gasteiger partial charge on any atom is -0.338 e. The van der Waals surface area contributed by atoms with Crippen molar-refractivity contribution in [2.45, 2.75) is 51.5 Å². The fraction of sp³-hybridized carbons (Fsp3) is 0.619. The molecule has 2 aliphatic carbocycles. The number of hydrogen-bond acceptors (Lipinski definition) is 3. The van der Waals surface area contributed by atoms with Gasteiger partial charge in [-0.2, -0.15) is 0 Å². The first-order valence-electron chi connectivity index (χ1n) is 10.3. The average Bonchev–Trinajstić information content (AvgIpc) is 3.05. The van der Waals surface area contributed by atoms with Crippen molar-refractivity contribution in [3.8, 4) is 0 Å². The number of anilines is 2. The van der Waals surface area contributed by atoms with E-state index < -0.39 is 0 Å². The first kappa shape index (κ1) is 20.9. The Balaban J connectivity index is 0.00000225. The Kier molecular flexibility index (Phi) is 6.50. The van der Waals surface area contributed by atoms with Gasteiger partial charge in [-0.25, -0.2) is 4.79 Å². The molecule has 3 aliphatic rings. The van der Waals surface area contributed by atoms with Crippen molar-refractivity contribution in [3.05, 3.63) is 23.8 Å². The molecule has 2 atom stereocenters. The van der Waals surface area contributed by atoms with Gasteiger partial charge in [0, 0.05) is 30.7 Å². The number of nitrogens with zero attached hydrogens (tertiary/aromatic N) is 1. The molecule has 4 N–H and O–H groups in total. The molecule has 4 rings (SSSR count). The standard InChI is InChI=1S/C21H30N4O2.ClH/c1-2-23-21(27)25-9-8-13-6-7-17(12-18(13)25)24-20(26)16-10-14-4-3-5-15(11-16)19(14)22;/h6-7,12,14-16,19H,2-5,8-11,22H2,1H3,(H,23,27)(H,24,26);1H. The van der Waals surface area contributed by atoms with E-state index in [4.69, 9.17) is 5.73 Å². The lowest BCUT2D eigenvalue weighted by Crippen LogP contribution is -2.48. The Morgan fingerprint density at radius 3 is 2.61 bits per heavy atom. The largest absolute Gasteiger partial charge is 0.338 e. The minimum absolute atomic E-state index is 0. The number of nitrogens with one attached hydrogen (secondary N) is 2. The molecule has 1 aromatic carbocycles. The molecule has 0 saturated heterocycles. The van der Waals surface area contributed by atoms with Crippen molar-refractivity contribution in [1.82, 2.24) is 5.32 Å². The highest BCUT2D eigenvalue weighted by Crippen LogP contribution is 2.42. The minimum atomic E-state index is -0.0752. The third-order valence-electron chi connectivity index (χ3n) is 6.61. The van der Waals surface area contributed by atoms with Gasteiger partial charge >= 0.3 is 6.03 Å². The molecule has 2 unspecified atom stereocenters. The second kappa shape index (κ2) is 8.70. The molecular formula is C21H31ClN4O2. The van der Waals surface area contributed by atoms with Crippen LogP contribution in [0.1, 0.15) is 44.6 Å². The maximum atomic E-state index is 12.9. The van der Waals surface area contributed by atoms with Crippen LogP contribution in [0.4, 0.5) is 16.2 Å². The number of carbonyl (C=O) groups is 2. The predicted octanol–water partition coefficient (Wildman–Crippen LogP) is 3.29. The van der Waals surface area contributed by atoms with Crippen LogP contribution in [0.5, 0.6) is 0 Å². The molecule has 2 saturated carbocycles. The van der Waals surface area contributed by atoms with Gasteiger partial charge in [-0.3, -0.25) is 9.69 Å². The van der Waals surface area contributed by atoms with E-state index >= 15 is 0 Å². The third kappa shape index (κ3) is 3.98. The highest BCUT2D eigenvalue weighted by Gasteiger charge is 2.40. The summed E-state index contributed by atoms with van der Waals surface area (Å²) >= 11 is 0. The molecule has 28 heavy (non-hydrogen) atoms. The van der Waals surface area contributed by atoms with Crippen LogP contribution >= 0.6 is 12.4 Å². The third-order valence-corrected chi connectivity index (χ3v) is 6.61. The lowest BCUT2D eigenvalue weighted by molar-refractivity contribution is -0.122. The van der Waals surface area contributed by atoms with Crippen molar-refractivity contribution in [3.63, 3.8) is 0 Å². The summed E-state index contributed by atoms with van der Waals surface area (Å²) in [5, 5.41) is 5.95. The molecule has 1 heterocycles. The normalized spacial score (nSPS) is 28.1. The summed E-state index contributed by atoms with van der Waals surface area (Å²) in [4.78, 5) is 26.9. The van der Waals surface area contributed by atoms with Crippen LogP contribution < -0.4 is 21.3 Å². The van der Waals surface area contributed by atoms with Crippen LogP contribution in [0.3, 0.4) is 0 Å². The Morgan fingerprint density at radius 2 is 1.93 bits per heavy atom. The summed E-state index contributed by atoms with van der Waals surface area (Å²) in [5.41, 5.74) is 9.18. The van der Waals surface area contributed by atoms with E-state index in [-0.39, 0.29) is 36.3 Å². The van der Waals surface area contributed by atoms with Crippen molar-refractivity contribution in [1.29, 1.82) is 0 Å². The number of fused-ring (bicyclic) bond motifs is 3. The molecule has 7 heteroatoms. The fourth-order valence-corrected chi connectivity index (χ4v) is 5.16. The van der Waals surface area contributed by atoms with Crippen LogP contribution in [-0.4, -0.2) is 31.1 Å². The van der Waals surface area contributed by atoms with Gasteiger partial charge in [-0.15, -0.1) is 12.4 Å². The number of halogens is 1. The van der Waals surface area contributed by atoms with Gasteiger partial charge in [-0.1, -0.05) is 12.5 Å². The summed E-state index contributed by atoms with van der Waals surface area (Å²) in [5.74, 6) is 1.12. The van der Waals surface area contributed by atoms with Gasteiger partial charge in [0.1, 0.15) is 0 Å². The Hall–Kier alpha value is -1.79. The van der Waals surface area contributed by atoms with Gasteiger partial charge in [0.2, 0.25) is 5.91 Å². The van der Waals surface area contributed by atoms with Crippen molar-refractivity contribution >= 4 is 35.7 Å². The summed E-state index contributed by atoms with van der Waals surface area (Å²) in [6, 6.07) is 6.11.